The van der Waals surface area contributed by atoms with Crippen LogP contribution in [-0.2, 0) is 0 Å². The van der Waals surface area contributed by atoms with E-state index in [1.807, 2.05) is 0 Å². The molecule has 2 heterocycles. The molecule has 0 saturated carbocycles. The average Bonchev–Trinajstić information content (AvgIpc) is 2.65. The van der Waals surface area contributed by atoms with E-state index >= 15 is 0 Å². The number of hydrogen-bond donors (Lipinski definition) is 1. The van der Waals surface area contributed by atoms with Gasteiger partial charge in [-0.05, 0) is 18.2 Å². The fourth-order valence-corrected chi connectivity index (χ4v) is 1.69. The number of anilines is 1. The van der Waals surface area contributed by atoms with Gasteiger partial charge in [0.2, 0.25) is 0 Å². The molecular weight excluding hydrogens is 194 g/mol. The summed E-state index contributed by atoms with van der Waals surface area (Å²) < 4.78 is 10.3. The minimum Gasteiger partial charge on any atom is -0.464 e. The number of nitrogen functional groups attached to an aromatic ring is 1. The van der Waals surface area contributed by atoms with Crippen molar-refractivity contribution in [2.75, 3.05) is 5.73 Å². The second-order valence-electron chi connectivity index (χ2n) is 3.30. The Morgan fingerprint density at radius 2 is 2.00 bits per heavy atom. The Morgan fingerprint density at radius 3 is 2.87 bits per heavy atom. The van der Waals surface area contributed by atoms with Gasteiger partial charge < -0.3 is 14.6 Å². The van der Waals surface area contributed by atoms with E-state index in [9.17, 15) is 4.79 Å². The quantitative estimate of drug-likeness (QED) is 0.565. The molecule has 0 bridgehead atoms. The SMILES string of the molecule is Nc1cc(=O)oc2c1ccc1occc12. The van der Waals surface area contributed by atoms with Crippen molar-refractivity contribution in [1.82, 2.24) is 0 Å². The second-order valence-corrected chi connectivity index (χ2v) is 3.30. The Balaban J connectivity index is 2.67. The molecule has 2 aromatic heterocycles. The van der Waals surface area contributed by atoms with Crippen molar-refractivity contribution in [2.45, 2.75) is 0 Å². The minimum atomic E-state index is -0.450. The first-order chi connectivity index (χ1) is 7.25. The highest BCUT2D eigenvalue weighted by Gasteiger charge is 2.08. The van der Waals surface area contributed by atoms with Crippen molar-refractivity contribution in [3.05, 3.63) is 40.9 Å². The van der Waals surface area contributed by atoms with Crippen molar-refractivity contribution in [1.29, 1.82) is 0 Å². The van der Waals surface area contributed by atoms with Crippen LogP contribution in [0.15, 0.2) is 44.2 Å². The van der Waals surface area contributed by atoms with E-state index in [0.717, 1.165) is 10.8 Å². The van der Waals surface area contributed by atoms with Crippen LogP contribution < -0.4 is 11.4 Å². The van der Waals surface area contributed by atoms with Crippen molar-refractivity contribution in [3.8, 4) is 0 Å². The lowest BCUT2D eigenvalue weighted by atomic mass is 10.1. The average molecular weight is 201 g/mol. The summed E-state index contributed by atoms with van der Waals surface area (Å²) in [6.45, 7) is 0. The van der Waals surface area contributed by atoms with E-state index in [2.05, 4.69) is 0 Å². The van der Waals surface area contributed by atoms with Gasteiger partial charge in [-0.3, -0.25) is 0 Å². The first kappa shape index (κ1) is 8.11. The van der Waals surface area contributed by atoms with Crippen LogP contribution in [0.2, 0.25) is 0 Å². The van der Waals surface area contributed by atoms with Crippen LogP contribution in [-0.4, -0.2) is 0 Å². The van der Waals surface area contributed by atoms with Gasteiger partial charge in [-0.15, -0.1) is 0 Å². The predicted octanol–water partition coefficient (Wildman–Crippen LogP) is 2.12. The maximum Gasteiger partial charge on any atom is 0.338 e. The molecule has 0 aliphatic heterocycles. The Hall–Kier alpha value is -2.23. The van der Waals surface area contributed by atoms with Gasteiger partial charge >= 0.3 is 5.63 Å². The minimum absolute atomic E-state index is 0.421. The lowest BCUT2D eigenvalue weighted by Crippen LogP contribution is -2.00. The van der Waals surface area contributed by atoms with Crippen LogP contribution in [0.1, 0.15) is 0 Å². The zero-order valence-electron chi connectivity index (χ0n) is 7.69. The van der Waals surface area contributed by atoms with Gasteiger partial charge in [-0.2, -0.15) is 0 Å². The van der Waals surface area contributed by atoms with Crippen LogP contribution in [0.3, 0.4) is 0 Å². The number of furan rings is 1. The molecule has 0 fully saturated rings. The van der Waals surface area contributed by atoms with Crippen LogP contribution in [0, 0.1) is 0 Å². The molecule has 0 unspecified atom stereocenters. The third-order valence-corrected chi connectivity index (χ3v) is 2.37. The molecule has 0 aliphatic carbocycles. The zero-order chi connectivity index (χ0) is 10.4. The molecule has 15 heavy (non-hydrogen) atoms. The summed E-state index contributed by atoms with van der Waals surface area (Å²) in [7, 11) is 0. The summed E-state index contributed by atoms with van der Waals surface area (Å²) in [6, 6.07) is 6.60. The molecule has 1 aromatic carbocycles. The maximum absolute atomic E-state index is 11.2. The van der Waals surface area contributed by atoms with E-state index in [-0.39, 0.29) is 0 Å². The van der Waals surface area contributed by atoms with Gasteiger partial charge in [0.15, 0.2) is 5.58 Å². The molecule has 0 atom stereocenters. The number of fused-ring (bicyclic) bond motifs is 3. The molecule has 0 spiro atoms. The largest absolute Gasteiger partial charge is 0.464 e. The molecular formula is C11H7NO3. The van der Waals surface area contributed by atoms with Crippen molar-refractivity contribution >= 4 is 27.6 Å². The van der Waals surface area contributed by atoms with Crippen LogP contribution in [0.4, 0.5) is 5.69 Å². The van der Waals surface area contributed by atoms with Crippen LogP contribution in [0.25, 0.3) is 21.9 Å². The number of benzene rings is 1. The fourth-order valence-electron chi connectivity index (χ4n) is 1.69. The molecule has 0 aliphatic rings. The predicted molar refractivity (Wildman–Crippen MR) is 56.7 cm³/mol. The lowest BCUT2D eigenvalue weighted by molar-refractivity contribution is 0.564. The van der Waals surface area contributed by atoms with E-state index < -0.39 is 5.63 Å². The van der Waals surface area contributed by atoms with Gasteiger partial charge in [0.25, 0.3) is 0 Å². The first-order valence-corrected chi connectivity index (χ1v) is 4.45. The highest BCUT2D eigenvalue weighted by Crippen LogP contribution is 2.27. The maximum atomic E-state index is 11.2. The molecule has 0 amide bonds. The van der Waals surface area contributed by atoms with Gasteiger partial charge in [0, 0.05) is 17.1 Å². The van der Waals surface area contributed by atoms with Gasteiger partial charge in [-0.25, -0.2) is 4.79 Å². The molecule has 0 saturated heterocycles. The monoisotopic (exact) mass is 201 g/mol. The summed E-state index contributed by atoms with van der Waals surface area (Å²) in [6.07, 6.45) is 1.55. The summed E-state index contributed by atoms with van der Waals surface area (Å²) >= 11 is 0. The van der Waals surface area contributed by atoms with Crippen molar-refractivity contribution < 1.29 is 8.83 Å². The summed E-state index contributed by atoms with van der Waals surface area (Å²) in [5.41, 5.74) is 6.85. The van der Waals surface area contributed by atoms with E-state index in [1.54, 1.807) is 24.5 Å². The molecule has 3 aromatic rings. The van der Waals surface area contributed by atoms with Crippen LogP contribution >= 0.6 is 0 Å². The molecule has 2 N–H and O–H groups in total. The van der Waals surface area contributed by atoms with E-state index in [0.29, 0.717) is 16.9 Å². The standard InChI is InChI=1S/C11H7NO3/c12-8-5-10(13)15-11-6(8)1-2-9-7(11)3-4-14-9/h1-5H,12H2. The third kappa shape index (κ3) is 1.05. The molecule has 74 valence electrons. The summed E-state index contributed by atoms with van der Waals surface area (Å²) in [5, 5.41) is 1.49. The molecule has 4 heteroatoms. The molecule has 4 nitrogen and oxygen atoms in total. The van der Waals surface area contributed by atoms with E-state index in [1.165, 1.54) is 6.07 Å². The normalized spacial score (nSPS) is 11.2. The number of rotatable bonds is 0. The van der Waals surface area contributed by atoms with Crippen LogP contribution in [0.5, 0.6) is 0 Å². The summed E-state index contributed by atoms with van der Waals surface area (Å²) in [4.78, 5) is 11.2. The fraction of sp³-hybridized carbons (Fsp3) is 0. The summed E-state index contributed by atoms with van der Waals surface area (Å²) in [5.74, 6) is 0. The Kier molecular flexibility index (Phi) is 1.42. The molecule has 3 rings (SSSR count). The highest BCUT2D eigenvalue weighted by atomic mass is 16.4. The smallest absolute Gasteiger partial charge is 0.338 e. The Bertz CT molecular complexity index is 708. The van der Waals surface area contributed by atoms with Gasteiger partial charge in [0.05, 0.1) is 11.6 Å². The van der Waals surface area contributed by atoms with Gasteiger partial charge in [0.1, 0.15) is 5.58 Å². The second kappa shape index (κ2) is 2.63. The number of hydrogen-bond acceptors (Lipinski definition) is 4. The highest BCUT2D eigenvalue weighted by molar-refractivity contribution is 6.05. The Labute approximate surface area is 83.9 Å². The van der Waals surface area contributed by atoms with E-state index in [4.69, 9.17) is 14.6 Å². The Morgan fingerprint density at radius 1 is 1.13 bits per heavy atom. The number of nitrogens with two attached hydrogens (primary N) is 1. The first-order valence-electron chi connectivity index (χ1n) is 4.45. The molecule has 0 radical (unpaired) electrons. The van der Waals surface area contributed by atoms with Crippen molar-refractivity contribution in [3.63, 3.8) is 0 Å². The van der Waals surface area contributed by atoms with Gasteiger partial charge in [-0.1, -0.05) is 0 Å². The lowest BCUT2D eigenvalue weighted by Gasteiger charge is -1.99. The topological polar surface area (TPSA) is 69.4 Å². The van der Waals surface area contributed by atoms with Crippen molar-refractivity contribution in [2.24, 2.45) is 0 Å². The third-order valence-electron chi connectivity index (χ3n) is 2.37. The zero-order valence-corrected chi connectivity index (χ0v) is 7.69.